The van der Waals surface area contributed by atoms with Crippen molar-refractivity contribution in [2.24, 2.45) is 0 Å². The van der Waals surface area contributed by atoms with E-state index < -0.39 is 5.97 Å². The number of hydrogen-bond donors (Lipinski definition) is 1. The molecule has 0 unspecified atom stereocenters. The number of thiophene rings is 1. The number of rotatable bonds is 2. The first-order valence-electron chi connectivity index (χ1n) is 4.55. The molecule has 0 aliphatic rings. The van der Waals surface area contributed by atoms with Gasteiger partial charge >= 0.3 is 5.97 Å². The van der Waals surface area contributed by atoms with Crippen molar-refractivity contribution in [2.45, 2.75) is 6.92 Å². The standard InChI is InChI=1S/C12H10O2S/c1-8-3-2-4-10(11(8)12(13)14)9-5-6-15-7-9/h2-7H,1H3,(H,13,14). The molecular formula is C12H10O2S. The van der Waals surface area contributed by atoms with Gasteiger partial charge in [0.25, 0.3) is 0 Å². The molecule has 1 N–H and O–H groups in total. The fraction of sp³-hybridized carbons (Fsp3) is 0.0833. The van der Waals surface area contributed by atoms with Crippen molar-refractivity contribution in [1.82, 2.24) is 0 Å². The van der Waals surface area contributed by atoms with E-state index in [4.69, 9.17) is 5.11 Å². The predicted octanol–water partition coefficient (Wildman–Crippen LogP) is 3.42. The quantitative estimate of drug-likeness (QED) is 0.838. The summed E-state index contributed by atoms with van der Waals surface area (Å²) in [6.45, 7) is 1.82. The van der Waals surface area contributed by atoms with Gasteiger partial charge in [0.2, 0.25) is 0 Å². The van der Waals surface area contributed by atoms with Gasteiger partial charge in [0.1, 0.15) is 0 Å². The highest BCUT2D eigenvalue weighted by Gasteiger charge is 2.13. The van der Waals surface area contributed by atoms with Crippen LogP contribution < -0.4 is 0 Å². The second-order valence-electron chi connectivity index (χ2n) is 3.31. The molecule has 0 amide bonds. The van der Waals surface area contributed by atoms with E-state index in [0.717, 1.165) is 16.7 Å². The van der Waals surface area contributed by atoms with Crippen LogP contribution in [-0.4, -0.2) is 11.1 Å². The van der Waals surface area contributed by atoms with Crippen molar-refractivity contribution in [3.05, 3.63) is 46.2 Å². The number of aryl methyl sites for hydroxylation is 1. The average Bonchev–Trinajstić information content (AvgIpc) is 2.69. The van der Waals surface area contributed by atoms with Crippen LogP contribution in [-0.2, 0) is 0 Å². The van der Waals surface area contributed by atoms with Gasteiger partial charge in [-0.3, -0.25) is 0 Å². The summed E-state index contributed by atoms with van der Waals surface area (Å²) in [7, 11) is 0. The molecule has 1 aromatic carbocycles. The maximum atomic E-state index is 11.1. The third-order valence-electron chi connectivity index (χ3n) is 2.32. The fourth-order valence-electron chi connectivity index (χ4n) is 1.61. The number of aromatic carboxylic acids is 1. The molecule has 15 heavy (non-hydrogen) atoms. The van der Waals surface area contributed by atoms with E-state index in [2.05, 4.69) is 0 Å². The van der Waals surface area contributed by atoms with Crippen LogP contribution in [0.2, 0.25) is 0 Å². The monoisotopic (exact) mass is 218 g/mol. The first-order valence-corrected chi connectivity index (χ1v) is 5.50. The zero-order valence-corrected chi connectivity index (χ0v) is 9.04. The van der Waals surface area contributed by atoms with E-state index in [9.17, 15) is 4.79 Å². The Morgan fingerprint density at radius 1 is 1.33 bits per heavy atom. The molecule has 2 nitrogen and oxygen atoms in total. The molecule has 76 valence electrons. The SMILES string of the molecule is Cc1cccc(-c2ccsc2)c1C(=O)O. The summed E-state index contributed by atoms with van der Waals surface area (Å²) >= 11 is 1.57. The van der Waals surface area contributed by atoms with Gasteiger partial charge in [-0.15, -0.1) is 0 Å². The van der Waals surface area contributed by atoms with Crippen molar-refractivity contribution in [3.8, 4) is 11.1 Å². The average molecular weight is 218 g/mol. The highest BCUT2D eigenvalue weighted by Crippen LogP contribution is 2.27. The summed E-state index contributed by atoms with van der Waals surface area (Å²) in [5.74, 6) is -0.866. The first kappa shape index (κ1) is 9.93. The Hall–Kier alpha value is -1.61. The van der Waals surface area contributed by atoms with Crippen LogP contribution in [0.1, 0.15) is 15.9 Å². The molecule has 0 aliphatic heterocycles. The predicted molar refractivity (Wildman–Crippen MR) is 61.5 cm³/mol. The Morgan fingerprint density at radius 2 is 2.13 bits per heavy atom. The summed E-state index contributed by atoms with van der Waals surface area (Å²) in [5.41, 5.74) is 2.96. The molecule has 2 aromatic rings. The molecule has 0 spiro atoms. The van der Waals surface area contributed by atoms with Gasteiger partial charge in [-0.2, -0.15) is 11.3 Å². The van der Waals surface area contributed by atoms with Crippen molar-refractivity contribution in [3.63, 3.8) is 0 Å². The minimum Gasteiger partial charge on any atom is -0.478 e. The lowest BCUT2D eigenvalue weighted by Gasteiger charge is -2.06. The molecule has 0 saturated carbocycles. The van der Waals surface area contributed by atoms with E-state index in [-0.39, 0.29) is 0 Å². The van der Waals surface area contributed by atoms with E-state index in [1.807, 2.05) is 41.9 Å². The van der Waals surface area contributed by atoms with Crippen LogP contribution in [0.3, 0.4) is 0 Å². The molecule has 0 fully saturated rings. The van der Waals surface area contributed by atoms with Gasteiger partial charge in [-0.1, -0.05) is 18.2 Å². The molecule has 0 atom stereocenters. The molecule has 2 rings (SSSR count). The van der Waals surface area contributed by atoms with Crippen molar-refractivity contribution in [1.29, 1.82) is 0 Å². The molecular weight excluding hydrogens is 208 g/mol. The van der Waals surface area contributed by atoms with Crippen molar-refractivity contribution in [2.75, 3.05) is 0 Å². The lowest BCUT2D eigenvalue weighted by molar-refractivity contribution is 0.0697. The number of hydrogen-bond acceptors (Lipinski definition) is 2. The second-order valence-corrected chi connectivity index (χ2v) is 4.09. The molecule has 0 saturated heterocycles. The van der Waals surface area contributed by atoms with E-state index in [1.165, 1.54) is 0 Å². The van der Waals surface area contributed by atoms with Gasteiger partial charge in [-0.25, -0.2) is 4.79 Å². The Bertz CT molecular complexity index is 486. The number of carboxylic acid groups (broad SMARTS) is 1. The number of benzene rings is 1. The molecule has 3 heteroatoms. The Morgan fingerprint density at radius 3 is 2.73 bits per heavy atom. The smallest absolute Gasteiger partial charge is 0.336 e. The largest absolute Gasteiger partial charge is 0.478 e. The van der Waals surface area contributed by atoms with E-state index >= 15 is 0 Å². The minimum atomic E-state index is -0.866. The van der Waals surface area contributed by atoms with Gasteiger partial charge in [0, 0.05) is 0 Å². The Labute approximate surface area is 91.8 Å². The number of carbonyl (C=O) groups is 1. The molecule has 0 radical (unpaired) electrons. The lowest BCUT2D eigenvalue weighted by Crippen LogP contribution is -2.02. The summed E-state index contributed by atoms with van der Waals surface area (Å²) in [6, 6.07) is 7.48. The number of carboxylic acids is 1. The highest BCUT2D eigenvalue weighted by atomic mass is 32.1. The van der Waals surface area contributed by atoms with Crippen LogP contribution in [0.5, 0.6) is 0 Å². The van der Waals surface area contributed by atoms with Gasteiger partial charge in [0.05, 0.1) is 5.56 Å². The van der Waals surface area contributed by atoms with Crippen molar-refractivity contribution < 1.29 is 9.90 Å². The normalized spacial score (nSPS) is 10.2. The van der Waals surface area contributed by atoms with Gasteiger partial charge in [0.15, 0.2) is 0 Å². The second kappa shape index (κ2) is 3.87. The van der Waals surface area contributed by atoms with E-state index in [0.29, 0.717) is 5.56 Å². The lowest BCUT2D eigenvalue weighted by atomic mass is 9.98. The maximum absolute atomic E-state index is 11.1. The fourth-order valence-corrected chi connectivity index (χ4v) is 2.27. The maximum Gasteiger partial charge on any atom is 0.336 e. The molecule has 1 heterocycles. The van der Waals surface area contributed by atoms with Crippen LogP contribution in [0.15, 0.2) is 35.0 Å². The zero-order chi connectivity index (χ0) is 10.8. The topological polar surface area (TPSA) is 37.3 Å². The molecule has 0 aliphatic carbocycles. The van der Waals surface area contributed by atoms with Gasteiger partial charge < -0.3 is 5.11 Å². The summed E-state index contributed by atoms with van der Waals surface area (Å²) in [4.78, 5) is 11.1. The van der Waals surface area contributed by atoms with Crippen LogP contribution in [0.4, 0.5) is 0 Å². The van der Waals surface area contributed by atoms with Crippen LogP contribution in [0.25, 0.3) is 11.1 Å². The minimum absolute atomic E-state index is 0.399. The molecule has 0 bridgehead atoms. The van der Waals surface area contributed by atoms with Gasteiger partial charge in [-0.05, 0) is 40.4 Å². The summed E-state index contributed by atoms with van der Waals surface area (Å²) in [6.07, 6.45) is 0. The third-order valence-corrected chi connectivity index (χ3v) is 3.00. The third kappa shape index (κ3) is 1.78. The highest BCUT2D eigenvalue weighted by molar-refractivity contribution is 7.08. The van der Waals surface area contributed by atoms with Crippen LogP contribution >= 0.6 is 11.3 Å². The first-order chi connectivity index (χ1) is 7.20. The Kier molecular flexibility index (Phi) is 2.56. The van der Waals surface area contributed by atoms with Crippen molar-refractivity contribution >= 4 is 17.3 Å². The molecule has 1 aromatic heterocycles. The Balaban J connectivity index is 2.66. The van der Waals surface area contributed by atoms with E-state index in [1.54, 1.807) is 11.3 Å². The zero-order valence-electron chi connectivity index (χ0n) is 8.23. The summed E-state index contributed by atoms with van der Waals surface area (Å²) < 4.78 is 0. The summed E-state index contributed by atoms with van der Waals surface area (Å²) in [5, 5.41) is 13.1. The van der Waals surface area contributed by atoms with Crippen LogP contribution in [0, 0.1) is 6.92 Å².